The van der Waals surface area contributed by atoms with Crippen LogP contribution in [0.5, 0.6) is 0 Å². The van der Waals surface area contributed by atoms with Crippen LogP contribution in [-0.2, 0) is 4.79 Å². The van der Waals surface area contributed by atoms with E-state index >= 15 is 0 Å². The van der Waals surface area contributed by atoms with Gasteiger partial charge in [0.2, 0.25) is 0 Å². The molecule has 1 fully saturated rings. The smallest absolute Gasteiger partial charge is 0.306 e. The van der Waals surface area contributed by atoms with Crippen LogP contribution in [0.15, 0.2) is 24.3 Å². The van der Waals surface area contributed by atoms with E-state index in [1.54, 1.807) is 0 Å². The summed E-state index contributed by atoms with van der Waals surface area (Å²) < 4.78 is 0. The topological polar surface area (TPSA) is 40.5 Å². The van der Waals surface area contributed by atoms with Crippen LogP contribution in [0, 0.1) is 11.8 Å². The van der Waals surface area contributed by atoms with Gasteiger partial charge in [-0.25, -0.2) is 0 Å². The van der Waals surface area contributed by atoms with Gasteiger partial charge in [0.05, 0.1) is 5.92 Å². The molecule has 1 saturated carbocycles. The summed E-state index contributed by atoms with van der Waals surface area (Å²) in [5.74, 6) is 0.271. The molecule has 0 saturated heterocycles. The van der Waals surface area contributed by atoms with Crippen molar-refractivity contribution in [2.75, 3.05) is 18.0 Å². The molecule has 1 aliphatic carbocycles. The van der Waals surface area contributed by atoms with E-state index in [0.717, 1.165) is 25.4 Å². The summed E-state index contributed by atoms with van der Waals surface area (Å²) in [5, 5.41) is 9.14. The van der Waals surface area contributed by atoms with Crippen molar-refractivity contribution in [3.05, 3.63) is 29.8 Å². The fraction of sp³-hybridized carbons (Fsp3) is 0.588. The number of benzene rings is 1. The van der Waals surface area contributed by atoms with Crippen LogP contribution in [0.2, 0.25) is 0 Å². The standard InChI is InChI=1S/C17H23NO2/c1-12(17(19)20)9-14-11-18(10-13-5-4-6-13)16-8-3-2-7-15(14)16/h2-3,7-8,12-14H,4-6,9-11H2,1H3,(H,19,20). The van der Waals surface area contributed by atoms with E-state index in [4.69, 9.17) is 5.11 Å². The highest BCUT2D eigenvalue weighted by atomic mass is 16.4. The molecule has 1 aromatic carbocycles. The molecule has 0 aromatic heterocycles. The van der Waals surface area contributed by atoms with Gasteiger partial charge in [0.15, 0.2) is 0 Å². The quantitative estimate of drug-likeness (QED) is 0.892. The van der Waals surface area contributed by atoms with Gasteiger partial charge in [-0.3, -0.25) is 4.79 Å². The van der Waals surface area contributed by atoms with E-state index in [9.17, 15) is 4.79 Å². The van der Waals surface area contributed by atoms with E-state index in [0.29, 0.717) is 5.92 Å². The number of carboxylic acid groups (broad SMARTS) is 1. The van der Waals surface area contributed by atoms with Crippen LogP contribution in [0.25, 0.3) is 0 Å². The molecule has 2 atom stereocenters. The number of fused-ring (bicyclic) bond motifs is 1. The second-order valence-corrected chi connectivity index (χ2v) is 6.43. The summed E-state index contributed by atoms with van der Waals surface area (Å²) in [6, 6.07) is 8.54. The first-order valence-electron chi connectivity index (χ1n) is 7.72. The number of hydrogen-bond donors (Lipinski definition) is 1. The monoisotopic (exact) mass is 273 g/mol. The third-order valence-corrected chi connectivity index (χ3v) is 4.92. The molecular formula is C17H23NO2. The lowest BCUT2D eigenvalue weighted by atomic mass is 9.85. The van der Waals surface area contributed by atoms with Crippen molar-refractivity contribution < 1.29 is 9.90 Å². The average Bonchev–Trinajstić information content (AvgIpc) is 2.72. The second kappa shape index (κ2) is 5.47. The fourth-order valence-corrected chi connectivity index (χ4v) is 3.47. The highest BCUT2D eigenvalue weighted by Crippen LogP contribution is 2.41. The largest absolute Gasteiger partial charge is 0.481 e. The zero-order chi connectivity index (χ0) is 14.1. The normalized spacial score (nSPS) is 23.2. The SMILES string of the molecule is CC(CC1CN(CC2CCC2)c2ccccc21)C(=O)O. The molecule has 0 amide bonds. The van der Waals surface area contributed by atoms with Gasteiger partial charge in [-0.1, -0.05) is 31.5 Å². The van der Waals surface area contributed by atoms with Crippen molar-refractivity contribution in [3.63, 3.8) is 0 Å². The number of carbonyl (C=O) groups is 1. The van der Waals surface area contributed by atoms with Gasteiger partial charge in [0, 0.05) is 24.7 Å². The second-order valence-electron chi connectivity index (χ2n) is 6.43. The molecule has 0 bridgehead atoms. The number of nitrogens with zero attached hydrogens (tertiary/aromatic N) is 1. The number of anilines is 1. The summed E-state index contributed by atoms with van der Waals surface area (Å²) in [5.41, 5.74) is 2.68. The average molecular weight is 273 g/mol. The lowest BCUT2D eigenvalue weighted by Gasteiger charge is -2.31. The molecule has 2 aliphatic rings. The van der Waals surface area contributed by atoms with Crippen molar-refractivity contribution in [3.8, 4) is 0 Å². The molecule has 2 unspecified atom stereocenters. The van der Waals surface area contributed by atoms with Crippen molar-refractivity contribution in [1.29, 1.82) is 0 Å². The minimum atomic E-state index is -0.681. The number of carboxylic acids is 1. The molecule has 3 rings (SSSR count). The van der Waals surface area contributed by atoms with Crippen LogP contribution in [-0.4, -0.2) is 24.2 Å². The Bertz CT molecular complexity index is 496. The highest BCUT2D eigenvalue weighted by Gasteiger charge is 2.32. The molecule has 1 aliphatic heterocycles. The molecular weight excluding hydrogens is 250 g/mol. The van der Waals surface area contributed by atoms with Gasteiger partial charge in [0.1, 0.15) is 0 Å². The molecule has 108 valence electrons. The van der Waals surface area contributed by atoms with E-state index < -0.39 is 5.97 Å². The Hall–Kier alpha value is -1.51. The predicted octanol–water partition coefficient (Wildman–Crippen LogP) is 3.50. The van der Waals surface area contributed by atoms with E-state index in [-0.39, 0.29) is 5.92 Å². The minimum absolute atomic E-state index is 0.267. The fourth-order valence-electron chi connectivity index (χ4n) is 3.47. The van der Waals surface area contributed by atoms with E-state index in [1.165, 1.54) is 30.5 Å². The summed E-state index contributed by atoms with van der Waals surface area (Å²) in [6.07, 6.45) is 4.83. The summed E-state index contributed by atoms with van der Waals surface area (Å²) in [7, 11) is 0. The number of para-hydroxylation sites is 1. The summed E-state index contributed by atoms with van der Waals surface area (Å²) >= 11 is 0. The molecule has 1 aromatic rings. The molecule has 1 heterocycles. The third kappa shape index (κ3) is 2.54. The Morgan fingerprint density at radius 2 is 2.15 bits per heavy atom. The van der Waals surface area contributed by atoms with Gasteiger partial charge < -0.3 is 10.0 Å². The van der Waals surface area contributed by atoms with Crippen molar-refractivity contribution >= 4 is 11.7 Å². The minimum Gasteiger partial charge on any atom is -0.481 e. The van der Waals surface area contributed by atoms with E-state index in [2.05, 4.69) is 29.2 Å². The van der Waals surface area contributed by atoms with Crippen molar-refractivity contribution in [1.82, 2.24) is 0 Å². The molecule has 1 N–H and O–H groups in total. The Balaban J connectivity index is 1.75. The molecule has 3 heteroatoms. The van der Waals surface area contributed by atoms with Crippen LogP contribution in [0.3, 0.4) is 0 Å². The zero-order valence-corrected chi connectivity index (χ0v) is 12.1. The maximum atomic E-state index is 11.1. The lowest BCUT2D eigenvalue weighted by molar-refractivity contribution is -0.141. The van der Waals surface area contributed by atoms with E-state index in [1.807, 2.05) is 6.92 Å². The number of rotatable bonds is 5. The van der Waals surface area contributed by atoms with Crippen molar-refractivity contribution in [2.45, 2.75) is 38.5 Å². The maximum Gasteiger partial charge on any atom is 0.306 e. The number of hydrogen-bond acceptors (Lipinski definition) is 2. The Kier molecular flexibility index (Phi) is 3.68. The molecule has 0 radical (unpaired) electrons. The molecule has 20 heavy (non-hydrogen) atoms. The van der Waals surface area contributed by atoms with Crippen LogP contribution >= 0.6 is 0 Å². The summed E-state index contributed by atoms with van der Waals surface area (Å²) in [4.78, 5) is 13.6. The Morgan fingerprint density at radius 3 is 2.80 bits per heavy atom. The zero-order valence-electron chi connectivity index (χ0n) is 12.1. The predicted molar refractivity (Wildman–Crippen MR) is 80.2 cm³/mol. The summed E-state index contributed by atoms with van der Waals surface area (Å²) in [6.45, 7) is 3.96. The highest BCUT2D eigenvalue weighted by molar-refractivity contribution is 5.70. The van der Waals surface area contributed by atoms with Gasteiger partial charge in [-0.05, 0) is 36.8 Å². The Labute approximate surface area is 120 Å². The van der Waals surface area contributed by atoms with Gasteiger partial charge >= 0.3 is 5.97 Å². The maximum absolute atomic E-state index is 11.1. The number of aliphatic carboxylic acids is 1. The third-order valence-electron chi connectivity index (χ3n) is 4.92. The first-order chi connectivity index (χ1) is 9.65. The molecule has 0 spiro atoms. The van der Waals surface area contributed by atoms with Gasteiger partial charge in [0.25, 0.3) is 0 Å². The van der Waals surface area contributed by atoms with Gasteiger partial charge in [-0.15, -0.1) is 0 Å². The Morgan fingerprint density at radius 1 is 1.40 bits per heavy atom. The first-order valence-corrected chi connectivity index (χ1v) is 7.72. The molecule has 3 nitrogen and oxygen atoms in total. The van der Waals surface area contributed by atoms with Crippen molar-refractivity contribution in [2.24, 2.45) is 11.8 Å². The first kappa shape index (κ1) is 13.5. The lowest BCUT2D eigenvalue weighted by Crippen LogP contribution is -2.32. The van der Waals surface area contributed by atoms with Crippen LogP contribution in [0.4, 0.5) is 5.69 Å². The van der Waals surface area contributed by atoms with Crippen LogP contribution in [0.1, 0.15) is 44.1 Å². The van der Waals surface area contributed by atoms with Gasteiger partial charge in [-0.2, -0.15) is 0 Å². The van der Waals surface area contributed by atoms with Crippen LogP contribution < -0.4 is 4.90 Å².